The summed E-state index contributed by atoms with van der Waals surface area (Å²) in [5.74, 6) is -2.39. The molecule has 0 saturated heterocycles. The Hall–Kier alpha value is -4.93. The highest BCUT2D eigenvalue weighted by Crippen LogP contribution is 2.31. The van der Waals surface area contributed by atoms with E-state index in [2.05, 4.69) is 25.3 Å². The highest BCUT2D eigenvalue weighted by molar-refractivity contribution is 5.95. The number of hydrogen-bond donors (Lipinski definition) is 3. The Morgan fingerprint density at radius 3 is 2.58 bits per heavy atom. The van der Waals surface area contributed by atoms with Gasteiger partial charge in [-0.3, -0.25) is 9.36 Å². The van der Waals surface area contributed by atoms with Crippen LogP contribution in [-0.4, -0.2) is 35.6 Å². The summed E-state index contributed by atoms with van der Waals surface area (Å²) >= 11 is 0. The van der Waals surface area contributed by atoms with Gasteiger partial charge >= 0.3 is 5.97 Å². The van der Waals surface area contributed by atoms with E-state index in [1.165, 1.54) is 24.3 Å². The fourth-order valence-electron chi connectivity index (χ4n) is 3.89. The van der Waals surface area contributed by atoms with Crippen LogP contribution in [0.1, 0.15) is 21.7 Å². The number of imidazole rings is 1. The number of halogens is 2. The van der Waals surface area contributed by atoms with Gasteiger partial charge in [-0.1, -0.05) is 12.1 Å². The Labute approximate surface area is 202 Å². The smallest absolute Gasteiger partial charge is 0.335 e. The summed E-state index contributed by atoms with van der Waals surface area (Å²) in [6, 6.07) is 10.4. The van der Waals surface area contributed by atoms with Crippen molar-refractivity contribution < 1.29 is 18.7 Å². The van der Waals surface area contributed by atoms with Gasteiger partial charge in [-0.2, -0.15) is 4.98 Å². The number of carbonyl (C=O) groups is 1. The molecule has 5 aromatic rings. The quantitative estimate of drug-likeness (QED) is 0.329. The minimum atomic E-state index is -1.13. The minimum absolute atomic E-state index is 0.0286. The number of aromatic amines is 1. The van der Waals surface area contributed by atoms with E-state index in [1.807, 2.05) is 0 Å². The summed E-state index contributed by atoms with van der Waals surface area (Å²) in [6.07, 6.45) is 3.21. The van der Waals surface area contributed by atoms with Gasteiger partial charge in [0.15, 0.2) is 5.65 Å². The minimum Gasteiger partial charge on any atom is -0.478 e. The molecule has 9 nitrogen and oxygen atoms in total. The van der Waals surface area contributed by atoms with Gasteiger partial charge in [-0.05, 0) is 42.8 Å². The largest absolute Gasteiger partial charge is 0.478 e. The lowest BCUT2D eigenvalue weighted by Crippen LogP contribution is -2.21. The lowest BCUT2D eigenvalue weighted by molar-refractivity contribution is 0.0697. The SMILES string of the molecule is Cc1ccc(C(=O)O)cc1-c1nc(NCc2ncc[nH]2)nc2c1ccc(=O)n2-c1c(F)cccc1F. The van der Waals surface area contributed by atoms with Gasteiger partial charge in [0.1, 0.15) is 23.1 Å². The van der Waals surface area contributed by atoms with Crippen molar-refractivity contribution in [3.05, 3.63) is 99.9 Å². The maximum atomic E-state index is 14.8. The molecule has 180 valence electrons. The number of aromatic nitrogens is 5. The summed E-state index contributed by atoms with van der Waals surface area (Å²) in [6.45, 7) is 1.97. The molecule has 3 aromatic heterocycles. The molecular weight excluding hydrogens is 470 g/mol. The number of carboxylic acids is 1. The van der Waals surface area contributed by atoms with Crippen LogP contribution in [0.25, 0.3) is 28.0 Å². The van der Waals surface area contributed by atoms with Crippen molar-refractivity contribution in [1.29, 1.82) is 0 Å². The summed E-state index contributed by atoms with van der Waals surface area (Å²) in [5, 5.41) is 12.8. The Kier molecular flexibility index (Phi) is 5.72. The van der Waals surface area contributed by atoms with Gasteiger partial charge in [0.05, 0.1) is 17.8 Å². The van der Waals surface area contributed by atoms with E-state index in [4.69, 9.17) is 0 Å². The van der Waals surface area contributed by atoms with Crippen LogP contribution in [0.4, 0.5) is 14.7 Å². The average molecular weight is 488 g/mol. The van der Waals surface area contributed by atoms with Crippen LogP contribution < -0.4 is 10.9 Å². The third kappa shape index (κ3) is 4.06. The van der Waals surface area contributed by atoms with Gasteiger partial charge in [0, 0.05) is 29.4 Å². The van der Waals surface area contributed by atoms with Crippen molar-refractivity contribution in [3.63, 3.8) is 0 Å². The van der Waals surface area contributed by atoms with Crippen LogP contribution in [0.3, 0.4) is 0 Å². The normalized spacial score (nSPS) is 11.1. The Balaban J connectivity index is 1.82. The van der Waals surface area contributed by atoms with Crippen molar-refractivity contribution in [1.82, 2.24) is 24.5 Å². The fraction of sp³-hybridized carbons (Fsp3) is 0.0800. The molecular formula is C25H18F2N6O3. The third-order valence-electron chi connectivity index (χ3n) is 5.62. The van der Waals surface area contributed by atoms with Crippen LogP contribution in [-0.2, 0) is 6.54 Å². The summed E-state index contributed by atoms with van der Waals surface area (Å²) in [4.78, 5) is 40.6. The standard InChI is InChI=1S/C25H18F2N6O3/c1-13-5-6-14(24(35)36)11-16(13)21-15-7-8-20(34)33(22-17(26)3-2-4-18(22)27)23(15)32-25(31-21)30-12-19-28-9-10-29-19/h2-11H,12H2,1H3,(H,28,29)(H,35,36)(H,30,31,32). The number of hydrogen-bond acceptors (Lipinski definition) is 6. The van der Waals surface area contributed by atoms with Gasteiger partial charge in [0.2, 0.25) is 5.95 Å². The number of benzene rings is 2. The number of aryl methyl sites for hydroxylation is 1. The molecule has 0 aliphatic carbocycles. The Bertz CT molecular complexity index is 1660. The number of carboxylic acid groups (broad SMARTS) is 1. The van der Waals surface area contributed by atoms with Crippen LogP contribution in [0, 0.1) is 18.6 Å². The van der Waals surface area contributed by atoms with Gasteiger partial charge in [-0.15, -0.1) is 0 Å². The summed E-state index contributed by atoms with van der Waals surface area (Å²) < 4.78 is 30.4. The zero-order chi connectivity index (χ0) is 25.4. The van der Waals surface area contributed by atoms with Crippen LogP contribution in [0.5, 0.6) is 0 Å². The van der Waals surface area contributed by atoms with E-state index in [0.717, 1.165) is 22.8 Å². The number of H-pyrrole nitrogens is 1. The molecule has 36 heavy (non-hydrogen) atoms. The van der Waals surface area contributed by atoms with Gasteiger partial charge in [0.25, 0.3) is 5.56 Å². The number of aromatic carboxylic acids is 1. The molecule has 0 atom stereocenters. The Morgan fingerprint density at radius 2 is 1.89 bits per heavy atom. The lowest BCUT2D eigenvalue weighted by Gasteiger charge is -2.16. The predicted octanol–water partition coefficient (Wildman–Crippen LogP) is 4.07. The lowest BCUT2D eigenvalue weighted by atomic mass is 10.00. The molecule has 0 aliphatic heterocycles. The Morgan fingerprint density at radius 1 is 1.11 bits per heavy atom. The van der Waals surface area contributed by atoms with Crippen molar-refractivity contribution in [3.8, 4) is 16.9 Å². The highest BCUT2D eigenvalue weighted by Gasteiger charge is 2.21. The number of nitrogens with one attached hydrogen (secondary N) is 2. The molecule has 0 amide bonds. The fourth-order valence-corrected chi connectivity index (χ4v) is 3.89. The van der Waals surface area contributed by atoms with Crippen molar-refractivity contribution in [2.45, 2.75) is 13.5 Å². The molecule has 0 bridgehead atoms. The molecule has 2 aromatic carbocycles. The molecule has 5 rings (SSSR count). The van der Waals surface area contributed by atoms with Gasteiger partial charge < -0.3 is 15.4 Å². The first-order chi connectivity index (χ1) is 17.3. The maximum absolute atomic E-state index is 14.8. The monoisotopic (exact) mass is 488 g/mol. The predicted molar refractivity (Wildman–Crippen MR) is 128 cm³/mol. The molecule has 0 unspecified atom stereocenters. The molecule has 3 N–H and O–H groups in total. The summed E-state index contributed by atoms with van der Waals surface area (Å²) in [7, 11) is 0. The van der Waals surface area contributed by atoms with Crippen LogP contribution >= 0.6 is 0 Å². The van der Waals surface area contributed by atoms with Crippen molar-refractivity contribution in [2.75, 3.05) is 5.32 Å². The second-order valence-corrected chi connectivity index (χ2v) is 7.93. The first kappa shape index (κ1) is 22.8. The van der Waals surface area contributed by atoms with Crippen LogP contribution in [0.2, 0.25) is 0 Å². The molecule has 0 radical (unpaired) electrons. The molecule has 0 spiro atoms. The van der Waals surface area contributed by atoms with E-state index in [-0.39, 0.29) is 29.4 Å². The molecule has 0 saturated carbocycles. The van der Waals surface area contributed by atoms with E-state index >= 15 is 0 Å². The van der Waals surface area contributed by atoms with E-state index in [0.29, 0.717) is 22.3 Å². The third-order valence-corrected chi connectivity index (χ3v) is 5.62. The first-order valence-corrected chi connectivity index (χ1v) is 10.8. The van der Waals surface area contributed by atoms with E-state index in [9.17, 15) is 23.5 Å². The van der Waals surface area contributed by atoms with Crippen molar-refractivity contribution in [2.24, 2.45) is 0 Å². The van der Waals surface area contributed by atoms with Crippen LogP contribution in [0.15, 0.2) is 65.7 Å². The van der Waals surface area contributed by atoms with Crippen molar-refractivity contribution >= 4 is 23.0 Å². The number of rotatable bonds is 6. The highest BCUT2D eigenvalue weighted by atomic mass is 19.1. The first-order valence-electron chi connectivity index (χ1n) is 10.8. The number of para-hydroxylation sites is 1. The number of fused-ring (bicyclic) bond motifs is 1. The molecule has 0 fully saturated rings. The second-order valence-electron chi connectivity index (χ2n) is 7.93. The average Bonchev–Trinajstić information content (AvgIpc) is 3.37. The molecule has 11 heteroatoms. The zero-order valence-corrected chi connectivity index (χ0v) is 18.8. The zero-order valence-electron chi connectivity index (χ0n) is 18.8. The summed E-state index contributed by atoms with van der Waals surface area (Å²) in [5.41, 5.74) is 0.136. The van der Waals surface area contributed by atoms with E-state index < -0.39 is 28.9 Å². The molecule has 0 aliphatic rings. The van der Waals surface area contributed by atoms with Gasteiger partial charge in [-0.25, -0.2) is 23.5 Å². The maximum Gasteiger partial charge on any atom is 0.335 e. The van der Waals surface area contributed by atoms with E-state index in [1.54, 1.807) is 25.4 Å². The number of anilines is 1. The molecule has 3 heterocycles. The number of pyridine rings is 1. The topological polar surface area (TPSA) is 126 Å². The number of nitrogens with zero attached hydrogens (tertiary/aromatic N) is 4. The second kappa shape index (κ2) is 9.02.